The Morgan fingerprint density at radius 3 is 2.86 bits per heavy atom. The Kier molecular flexibility index (Phi) is 7.69. The molecule has 49 heavy (non-hydrogen) atoms. The summed E-state index contributed by atoms with van der Waals surface area (Å²) in [5.74, 6) is -1.35. The summed E-state index contributed by atoms with van der Waals surface area (Å²) in [6.07, 6.45) is 5.23. The van der Waals surface area contributed by atoms with Crippen LogP contribution in [0.15, 0.2) is 42.7 Å². The molecule has 10 nitrogen and oxygen atoms in total. The number of benzene rings is 2. The molecular weight excluding hydrogens is 635 g/mol. The Bertz CT molecular complexity index is 2120. The van der Waals surface area contributed by atoms with E-state index in [1.54, 1.807) is 18.3 Å². The second kappa shape index (κ2) is 12.0. The first-order valence-electron chi connectivity index (χ1n) is 16.8. The molecule has 8 rings (SSSR count). The van der Waals surface area contributed by atoms with Crippen LogP contribution in [0, 0.1) is 30.4 Å². The first kappa shape index (κ1) is 31.5. The van der Waals surface area contributed by atoms with Crippen LogP contribution in [0.4, 0.5) is 19.0 Å². The van der Waals surface area contributed by atoms with Gasteiger partial charge in [-0.05, 0) is 85.7 Å². The Morgan fingerprint density at radius 1 is 1.20 bits per heavy atom. The smallest absolute Gasteiger partial charge is 0.319 e. The highest BCUT2D eigenvalue weighted by atomic mass is 19.1. The Labute approximate surface area is 280 Å². The van der Waals surface area contributed by atoms with Gasteiger partial charge in [0.05, 0.1) is 16.6 Å². The molecule has 2 aromatic carbocycles. The fourth-order valence-electron chi connectivity index (χ4n) is 7.81. The molecule has 0 unspecified atom stereocenters. The van der Waals surface area contributed by atoms with Gasteiger partial charge in [0, 0.05) is 43.4 Å². The molecule has 0 amide bonds. The minimum atomic E-state index is -0.945. The van der Waals surface area contributed by atoms with E-state index in [2.05, 4.69) is 30.3 Å². The number of phenols is 1. The summed E-state index contributed by atoms with van der Waals surface area (Å²) in [4.78, 5) is 28.6. The number of hydrogen-bond acceptors (Lipinski definition) is 9. The lowest BCUT2D eigenvalue weighted by atomic mass is 9.94. The van der Waals surface area contributed by atoms with Gasteiger partial charge < -0.3 is 15.2 Å². The minimum Gasteiger partial charge on any atom is -0.508 e. The highest BCUT2D eigenvalue weighted by Gasteiger charge is 2.49. The summed E-state index contributed by atoms with van der Waals surface area (Å²) in [6, 6.07) is 7.46. The third-order valence-electron chi connectivity index (χ3n) is 10.4. The standard InChI is InChI=1S/C36H36F3N7O3/c1-3-24-28(38)6-5-20-11-23(47)13-26(29(20)24)31-30(39)32-27(16-40-31)33(41-15-21-12-25(21)34(48)46-10-7-19(2)44-46)43-35(42-32)49-18-36-8-4-9-45(36)17-22(37)14-36/h5-7,10-11,13,16,21-22,25,47H,3-4,8-9,12,14-15,17-18H2,1-2H3,(H,41,42,43)/t21-,22-,25+,36+/m1/s1. The number of halogens is 3. The van der Waals surface area contributed by atoms with Gasteiger partial charge in [0.1, 0.15) is 41.4 Å². The molecule has 13 heteroatoms. The van der Waals surface area contributed by atoms with Crippen molar-refractivity contribution >= 4 is 33.4 Å². The first-order chi connectivity index (χ1) is 23.6. The molecule has 1 saturated carbocycles. The van der Waals surface area contributed by atoms with Crippen LogP contribution in [0.25, 0.3) is 32.9 Å². The molecule has 5 heterocycles. The predicted octanol–water partition coefficient (Wildman–Crippen LogP) is 6.24. The van der Waals surface area contributed by atoms with Gasteiger partial charge >= 0.3 is 6.01 Å². The van der Waals surface area contributed by atoms with Gasteiger partial charge in [-0.3, -0.25) is 14.7 Å². The van der Waals surface area contributed by atoms with Crippen LogP contribution < -0.4 is 10.1 Å². The molecule has 0 spiro atoms. The lowest BCUT2D eigenvalue weighted by molar-refractivity contribution is 0.0863. The van der Waals surface area contributed by atoms with Gasteiger partial charge in [-0.25, -0.2) is 17.9 Å². The van der Waals surface area contributed by atoms with E-state index in [1.807, 2.05) is 13.8 Å². The monoisotopic (exact) mass is 671 g/mol. The van der Waals surface area contributed by atoms with Gasteiger partial charge in [-0.2, -0.15) is 15.1 Å². The molecule has 2 aliphatic heterocycles. The van der Waals surface area contributed by atoms with Crippen molar-refractivity contribution in [2.45, 2.75) is 57.7 Å². The maximum absolute atomic E-state index is 16.8. The molecule has 0 radical (unpaired) electrons. The quantitative estimate of drug-likeness (QED) is 0.188. The fourth-order valence-corrected chi connectivity index (χ4v) is 7.81. The molecule has 5 aromatic rings. The summed E-state index contributed by atoms with van der Waals surface area (Å²) in [5.41, 5.74) is 0.714. The molecule has 2 N–H and O–H groups in total. The topological polar surface area (TPSA) is 118 Å². The number of pyridine rings is 1. The summed E-state index contributed by atoms with van der Waals surface area (Å²) in [5, 5.41) is 19.4. The second-order valence-electron chi connectivity index (χ2n) is 13.6. The third kappa shape index (κ3) is 5.53. The van der Waals surface area contributed by atoms with E-state index in [-0.39, 0.29) is 64.1 Å². The average Bonchev–Trinajstić information content (AvgIpc) is 3.37. The van der Waals surface area contributed by atoms with Crippen molar-refractivity contribution in [2.75, 3.05) is 31.6 Å². The number of nitrogens with zero attached hydrogens (tertiary/aromatic N) is 6. The second-order valence-corrected chi connectivity index (χ2v) is 13.6. The zero-order chi connectivity index (χ0) is 34.0. The van der Waals surface area contributed by atoms with E-state index in [0.29, 0.717) is 48.7 Å². The normalized spacial score (nSPS) is 23.3. The van der Waals surface area contributed by atoms with Crippen LogP contribution >= 0.6 is 0 Å². The van der Waals surface area contributed by atoms with Crippen LogP contribution in [0.2, 0.25) is 0 Å². The van der Waals surface area contributed by atoms with Gasteiger partial charge in [0.15, 0.2) is 5.82 Å². The highest BCUT2D eigenvalue weighted by molar-refractivity contribution is 6.01. The van der Waals surface area contributed by atoms with Crippen molar-refractivity contribution in [1.82, 2.24) is 29.6 Å². The van der Waals surface area contributed by atoms with Gasteiger partial charge in [0.2, 0.25) is 5.91 Å². The number of rotatable bonds is 9. The lowest BCUT2D eigenvalue weighted by Crippen LogP contribution is -2.43. The van der Waals surface area contributed by atoms with Crippen LogP contribution in [0.1, 0.15) is 48.7 Å². The molecule has 2 saturated heterocycles. The van der Waals surface area contributed by atoms with Crippen LogP contribution in [-0.4, -0.2) is 78.6 Å². The Morgan fingerprint density at radius 2 is 2.06 bits per heavy atom. The molecule has 0 bridgehead atoms. The van der Waals surface area contributed by atoms with Crippen molar-refractivity contribution in [3.8, 4) is 23.0 Å². The summed E-state index contributed by atoms with van der Waals surface area (Å²) in [7, 11) is 0. The number of carbonyl (C=O) groups excluding carboxylic acids is 1. The number of fused-ring (bicyclic) bond motifs is 3. The number of ether oxygens (including phenoxy) is 1. The number of phenolic OH excluding ortho intramolecular Hbond substituents is 1. The van der Waals surface area contributed by atoms with Crippen molar-refractivity contribution in [3.05, 3.63) is 65.6 Å². The van der Waals surface area contributed by atoms with E-state index >= 15 is 4.39 Å². The summed E-state index contributed by atoms with van der Waals surface area (Å²) >= 11 is 0. The van der Waals surface area contributed by atoms with E-state index in [1.165, 1.54) is 29.1 Å². The molecule has 3 fully saturated rings. The van der Waals surface area contributed by atoms with E-state index in [0.717, 1.165) is 25.1 Å². The van der Waals surface area contributed by atoms with Crippen LogP contribution in [0.3, 0.4) is 0 Å². The maximum atomic E-state index is 16.8. The molecule has 1 aliphatic carbocycles. The van der Waals surface area contributed by atoms with E-state index in [4.69, 9.17) is 4.74 Å². The number of anilines is 1. The number of nitrogens with one attached hydrogen (secondary N) is 1. The maximum Gasteiger partial charge on any atom is 0.319 e. The molecular formula is C36H36F3N7O3. The van der Waals surface area contributed by atoms with E-state index < -0.39 is 23.3 Å². The van der Waals surface area contributed by atoms with Gasteiger partial charge in [0.25, 0.3) is 0 Å². The number of alkyl halides is 1. The first-order valence-corrected chi connectivity index (χ1v) is 16.8. The largest absolute Gasteiger partial charge is 0.508 e. The van der Waals surface area contributed by atoms with Gasteiger partial charge in [-0.1, -0.05) is 13.0 Å². The zero-order valence-corrected chi connectivity index (χ0v) is 27.2. The van der Waals surface area contributed by atoms with Gasteiger partial charge in [-0.15, -0.1) is 0 Å². The predicted molar refractivity (Wildman–Crippen MR) is 177 cm³/mol. The number of carbonyl (C=O) groups is 1. The zero-order valence-electron chi connectivity index (χ0n) is 27.2. The van der Waals surface area contributed by atoms with Crippen molar-refractivity contribution < 1.29 is 27.8 Å². The minimum absolute atomic E-state index is 0.00963. The Hall–Kier alpha value is -4.78. The number of aromatic hydroxyl groups is 1. The lowest BCUT2D eigenvalue weighted by Gasteiger charge is -2.30. The number of hydrogen-bond donors (Lipinski definition) is 2. The fraction of sp³-hybridized carbons (Fsp3) is 0.417. The summed E-state index contributed by atoms with van der Waals surface area (Å²) in [6.45, 7) is 5.30. The Balaban J connectivity index is 1.17. The molecule has 254 valence electrons. The average molecular weight is 672 g/mol. The number of aromatic nitrogens is 5. The molecule has 4 atom stereocenters. The third-order valence-corrected chi connectivity index (χ3v) is 10.4. The van der Waals surface area contributed by atoms with Crippen LogP contribution in [-0.2, 0) is 6.42 Å². The van der Waals surface area contributed by atoms with Crippen LogP contribution in [0.5, 0.6) is 11.8 Å². The summed E-state index contributed by atoms with van der Waals surface area (Å²) < 4.78 is 53.7. The molecule has 3 aliphatic rings. The van der Waals surface area contributed by atoms with E-state index in [9.17, 15) is 18.7 Å². The molecule has 3 aromatic heterocycles. The van der Waals surface area contributed by atoms with Crippen molar-refractivity contribution in [2.24, 2.45) is 11.8 Å². The van der Waals surface area contributed by atoms with Crippen molar-refractivity contribution in [3.63, 3.8) is 0 Å². The highest BCUT2D eigenvalue weighted by Crippen LogP contribution is 2.43. The van der Waals surface area contributed by atoms with Crippen molar-refractivity contribution in [1.29, 1.82) is 0 Å². The number of aryl methyl sites for hydroxylation is 2. The SMILES string of the molecule is CCc1c(F)ccc2cc(O)cc(-c3ncc4c(NC[C@H]5C[C@@H]5C(=O)n5ccc(C)n5)nc(OC[C@@]56CCCN5C[C@H](F)C6)nc4c3F)c12.